The number of hydroxylamine groups is 1. The van der Waals surface area contributed by atoms with Gasteiger partial charge in [-0.2, -0.15) is 0 Å². The summed E-state index contributed by atoms with van der Waals surface area (Å²) >= 11 is 0. The van der Waals surface area contributed by atoms with Crippen LogP contribution < -0.4 is 0 Å². The highest BCUT2D eigenvalue weighted by molar-refractivity contribution is 5.56. The van der Waals surface area contributed by atoms with Gasteiger partial charge in [0, 0.05) is 12.1 Å². The third kappa shape index (κ3) is 6.32. The molecule has 6 nitrogen and oxygen atoms in total. The van der Waals surface area contributed by atoms with Crippen LogP contribution in [-0.4, -0.2) is 26.4 Å². The highest BCUT2D eigenvalue weighted by atomic mass is 16.5. The second kappa shape index (κ2) is 10.3. The molecule has 6 heteroatoms. The van der Waals surface area contributed by atoms with E-state index in [1.165, 1.54) is 25.5 Å². The van der Waals surface area contributed by atoms with Gasteiger partial charge in [0.25, 0.3) is 0 Å². The van der Waals surface area contributed by atoms with Crippen LogP contribution in [0.1, 0.15) is 38.5 Å². The molecule has 0 saturated heterocycles. The average molecular weight is 327 g/mol. The first kappa shape index (κ1) is 17.8. The Labute approximate surface area is 143 Å². The molecule has 2 aromatic rings. The summed E-state index contributed by atoms with van der Waals surface area (Å²) in [5, 5.41) is 23.0. The van der Waals surface area contributed by atoms with E-state index in [1.807, 2.05) is 41.2 Å². The number of benzene rings is 1. The molecule has 1 aromatic carbocycles. The molecular formula is C18H25N5O. The zero-order chi connectivity index (χ0) is 17.0. The summed E-state index contributed by atoms with van der Waals surface area (Å²) in [6.45, 7) is 4.84. The Bertz CT molecular complexity index is 636. The van der Waals surface area contributed by atoms with Gasteiger partial charge in [0.05, 0.1) is 6.20 Å². The SMILES string of the molecule is C=C[N+]([O-])=NCCCCCCCCn1cc(-c2ccccc2)nn1. The van der Waals surface area contributed by atoms with Gasteiger partial charge in [-0.25, -0.2) is 0 Å². The predicted molar refractivity (Wildman–Crippen MR) is 94.3 cm³/mol. The standard InChI is InChI=1S/C18H25N5O/c1-2-23(24)19-14-10-5-3-4-6-11-15-22-16-18(20-21-22)17-12-8-7-9-13-17/h2,7-9,12-13,16H,1,3-6,10-11,14-15H2. The van der Waals surface area contributed by atoms with Gasteiger partial charge in [-0.15, -0.1) is 5.10 Å². The number of unbranched alkanes of at least 4 members (excludes halogenated alkanes) is 5. The second-order valence-corrected chi connectivity index (χ2v) is 5.70. The van der Waals surface area contributed by atoms with Crippen molar-refractivity contribution >= 4 is 0 Å². The number of rotatable bonds is 11. The van der Waals surface area contributed by atoms with Crippen LogP contribution >= 0.6 is 0 Å². The summed E-state index contributed by atoms with van der Waals surface area (Å²) in [6.07, 6.45) is 9.90. The number of nitrogens with zero attached hydrogens (tertiary/aromatic N) is 5. The summed E-state index contributed by atoms with van der Waals surface area (Å²) < 4.78 is 1.92. The van der Waals surface area contributed by atoms with E-state index >= 15 is 0 Å². The number of aryl methyl sites for hydroxylation is 1. The molecule has 0 aliphatic rings. The third-order valence-electron chi connectivity index (χ3n) is 3.80. The number of hydrogen-bond donors (Lipinski definition) is 0. The van der Waals surface area contributed by atoms with E-state index < -0.39 is 0 Å². The van der Waals surface area contributed by atoms with Crippen LogP contribution in [0.2, 0.25) is 0 Å². The number of aromatic nitrogens is 3. The Balaban J connectivity index is 1.55. The third-order valence-corrected chi connectivity index (χ3v) is 3.80. The van der Waals surface area contributed by atoms with Crippen molar-refractivity contribution in [3.63, 3.8) is 0 Å². The maximum Gasteiger partial charge on any atom is 0.202 e. The predicted octanol–water partition coefficient (Wildman–Crippen LogP) is 4.39. The van der Waals surface area contributed by atoms with Crippen LogP contribution in [0.15, 0.2) is 54.4 Å². The van der Waals surface area contributed by atoms with E-state index in [0.717, 1.165) is 37.1 Å². The molecule has 0 bridgehead atoms. The summed E-state index contributed by atoms with van der Waals surface area (Å²) in [6, 6.07) is 10.1. The monoisotopic (exact) mass is 327 g/mol. The van der Waals surface area contributed by atoms with E-state index in [4.69, 9.17) is 0 Å². The first-order valence-electron chi connectivity index (χ1n) is 8.51. The van der Waals surface area contributed by atoms with Crippen LogP contribution in [0.3, 0.4) is 0 Å². The molecule has 0 aliphatic heterocycles. The van der Waals surface area contributed by atoms with Crippen LogP contribution in [0.4, 0.5) is 0 Å². The molecule has 0 aliphatic carbocycles. The van der Waals surface area contributed by atoms with Gasteiger partial charge in [0.1, 0.15) is 12.2 Å². The highest BCUT2D eigenvalue weighted by Gasteiger charge is 2.02. The summed E-state index contributed by atoms with van der Waals surface area (Å²) in [5.41, 5.74) is 2.02. The molecule has 0 amide bonds. The smallest absolute Gasteiger partial charge is 0.202 e. The van der Waals surface area contributed by atoms with Crippen LogP contribution in [0, 0.1) is 5.21 Å². The van der Waals surface area contributed by atoms with Gasteiger partial charge >= 0.3 is 0 Å². The van der Waals surface area contributed by atoms with Gasteiger partial charge in [-0.1, -0.05) is 66.1 Å². The quantitative estimate of drug-likeness (QED) is 0.266. The lowest BCUT2D eigenvalue weighted by atomic mass is 10.1. The molecule has 1 aromatic heterocycles. The highest BCUT2D eigenvalue weighted by Crippen LogP contribution is 2.15. The molecule has 0 unspecified atom stereocenters. The van der Waals surface area contributed by atoms with Gasteiger partial charge in [0.15, 0.2) is 0 Å². The van der Waals surface area contributed by atoms with E-state index in [0.29, 0.717) is 11.4 Å². The van der Waals surface area contributed by atoms with Crippen molar-refractivity contribution < 1.29 is 4.86 Å². The number of azo groups is 1. The minimum absolute atomic E-state index is 0.530. The second-order valence-electron chi connectivity index (χ2n) is 5.70. The van der Waals surface area contributed by atoms with Gasteiger partial charge in [-0.05, 0) is 24.5 Å². The van der Waals surface area contributed by atoms with Gasteiger partial charge in [-0.3, -0.25) is 4.68 Å². The van der Waals surface area contributed by atoms with E-state index in [9.17, 15) is 5.21 Å². The lowest BCUT2D eigenvalue weighted by Gasteiger charge is -2.01. The first-order chi connectivity index (χ1) is 11.8. The molecule has 128 valence electrons. The molecule has 0 N–H and O–H groups in total. The fraction of sp³-hybridized carbons (Fsp3) is 0.444. The van der Waals surface area contributed by atoms with Crippen LogP contribution in [-0.2, 0) is 6.54 Å². The molecule has 24 heavy (non-hydrogen) atoms. The van der Waals surface area contributed by atoms with Crippen molar-refractivity contribution in [1.29, 1.82) is 0 Å². The van der Waals surface area contributed by atoms with Crippen LogP contribution in [0.5, 0.6) is 0 Å². The van der Waals surface area contributed by atoms with Crippen molar-refractivity contribution in [3.05, 3.63) is 54.5 Å². The Morgan fingerprint density at radius 1 is 1.08 bits per heavy atom. The largest absolute Gasteiger partial charge is 0.595 e. The van der Waals surface area contributed by atoms with E-state index in [1.54, 1.807) is 0 Å². The van der Waals surface area contributed by atoms with Gasteiger partial charge < -0.3 is 5.21 Å². The van der Waals surface area contributed by atoms with Crippen LogP contribution in [0.25, 0.3) is 11.3 Å². The van der Waals surface area contributed by atoms with Crippen molar-refractivity contribution in [3.8, 4) is 11.3 Å². The maximum absolute atomic E-state index is 10.8. The zero-order valence-corrected chi connectivity index (χ0v) is 14.0. The fourth-order valence-corrected chi connectivity index (χ4v) is 2.47. The topological polar surface area (TPSA) is 69.1 Å². The molecule has 2 rings (SSSR count). The van der Waals surface area contributed by atoms with Gasteiger partial charge in [0.2, 0.25) is 6.20 Å². The maximum atomic E-state index is 10.8. The van der Waals surface area contributed by atoms with E-state index in [-0.39, 0.29) is 0 Å². The number of hydrogen-bond acceptors (Lipinski definition) is 4. The minimum atomic E-state index is 0.530. The van der Waals surface area contributed by atoms with Crippen molar-refractivity contribution in [2.24, 2.45) is 5.11 Å². The Hall–Kier alpha value is -2.50. The van der Waals surface area contributed by atoms with E-state index in [2.05, 4.69) is 22.0 Å². The molecule has 0 spiro atoms. The summed E-state index contributed by atoms with van der Waals surface area (Å²) in [5.74, 6) is 0. The molecule has 0 radical (unpaired) electrons. The Morgan fingerprint density at radius 2 is 1.79 bits per heavy atom. The Kier molecular flexibility index (Phi) is 7.67. The lowest BCUT2D eigenvalue weighted by molar-refractivity contribution is -0.458. The fourth-order valence-electron chi connectivity index (χ4n) is 2.47. The molecule has 1 heterocycles. The minimum Gasteiger partial charge on any atom is -0.595 e. The average Bonchev–Trinajstić information content (AvgIpc) is 3.09. The van der Waals surface area contributed by atoms with Crippen molar-refractivity contribution in [2.75, 3.05) is 6.54 Å². The van der Waals surface area contributed by atoms with Crippen molar-refractivity contribution in [1.82, 2.24) is 15.0 Å². The summed E-state index contributed by atoms with van der Waals surface area (Å²) in [4.78, 5) is 0.530. The normalized spacial score (nSPS) is 11.6. The zero-order valence-electron chi connectivity index (χ0n) is 14.0. The van der Waals surface area contributed by atoms with Crippen molar-refractivity contribution in [2.45, 2.75) is 45.1 Å². The molecule has 0 atom stereocenters. The molecular weight excluding hydrogens is 302 g/mol. The lowest BCUT2D eigenvalue weighted by Crippen LogP contribution is -1.98. The first-order valence-corrected chi connectivity index (χ1v) is 8.51. The summed E-state index contributed by atoms with van der Waals surface area (Å²) in [7, 11) is 0. The molecule has 0 saturated carbocycles. The molecule has 0 fully saturated rings. The Morgan fingerprint density at radius 3 is 2.54 bits per heavy atom.